The summed E-state index contributed by atoms with van der Waals surface area (Å²) in [6.45, 7) is 6.74. The van der Waals surface area contributed by atoms with Gasteiger partial charge >= 0.3 is 5.97 Å². The van der Waals surface area contributed by atoms with Gasteiger partial charge in [0.1, 0.15) is 5.75 Å². The van der Waals surface area contributed by atoms with Crippen LogP contribution in [0.3, 0.4) is 0 Å². The SMILES string of the molecule is CCOC(=O)c1cc(-c2ccc(OC)cc2)n(CCC(=O)N[C@H]2CCCC[C@@H]2C)c1C. The van der Waals surface area contributed by atoms with Gasteiger partial charge in [0, 0.05) is 30.4 Å². The fraction of sp³-hybridized carbons (Fsp3) is 0.520. The molecule has 168 valence electrons. The van der Waals surface area contributed by atoms with Crippen LogP contribution in [0.5, 0.6) is 5.75 Å². The summed E-state index contributed by atoms with van der Waals surface area (Å²) in [6, 6.07) is 9.83. The molecule has 1 amide bonds. The molecule has 1 aliphatic carbocycles. The predicted molar refractivity (Wildman–Crippen MR) is 121 cm³/mol. The number of nitrogens with zero attached hydrogens (tertiary/aromatic N) is 1. The molecule has 6 heteroatoms. The van der Waals surface area contributed by atoms with Gasteiger partial charge in [0.2, 0.25) is 5.91 Å². The number of methoxy groups -OCH3 is 1. The maximum Gasteiger partial charge on any atom is 0.339 e. The van der Waals surface area contributed by atoms with Gasteiger partial charge in [-0.05, 0) is 68.5 Å². The summed E-state index contributed by atoms with van der Waals surface area (Å²) in [6.07, 6.45) is 5.02. The molecule has 6 nitrogen and oxygen atoms in total. The average Bonchev–Trinajstić information content (AvgIpc) is 3.10. The third kappa shape index (κ3) is 5.49. The van der Waals surface area contributed by atoms with E-state index in [9.17, 15) is 9.59 Å². The van der Waals surface area contributed by atoms with Gasteiger partial charge in [-0.1, -0.05) is 19.8 Å². The van der Waals surface area contributed by atoms with Gasteiger partial charge in [-0.2, -0.15) is 0 Å². The van der Waals surface area contributed by atoms with Crippen molar-refractivity contribution in [2.24, 2.45) is 5.92 Å². The lowest BCUT2D eigenvalue weighted by Crippen LogP contribution is -2.41. The zero-order valence-electron chi connectivity index (χ0n) is 19.1. The van der Waals surface area contributed by atoms with Crippen LogP contribution >= 0.6 is 0 Å². The summed E-state index contributed by atoms with van der Waals surface area (Å²) < 4.78 is 12.5. The highest BCUT2D eigenvalue weighted by molar-refractivity contribution is 5.92. The van der Waals surface area contributed by atoms with E-state index in [4.69, 9.17) is 9.47 Å². The van der Waals surface area contributed by atoms with Crippen molar-refractivity contribution in [1.82, 2.24) is 9.88 Å². The lowest BCUT2D eigenvalue weighted by molar-refractivity contribution is -0.122. The number of carbonyl (C=O) groups excluding carboxylic acids is 2. The summed E-state index contributed by atoms with van der Waals surface area (Å²) in [7, 11) is 1.63. The fourth-order valence-corrected chi connectivity index (χ4v) is 4.37. The molecular formula is C25H34N2O4. The Kier molecular flexibility index (Phi) is 7.77. The zero-order valence-corrected chi connectivity index (χ0v) is 19.1. The van der Waals surface area contributed by atoms with Crippen LogP contribution in [0, 0.1) is 12.8 Å². The van der Waals surface area contributed by atoms with E-state index in [2.05, 4.69) is 12.2 Å². The molecule has 1 N–H and O–H groups in total. The molecule has 0 unspecified atom stereocenters. The van der Waals surface area contributed by atoms with E-state index in [-0.39, 0.29) is 17.9 Å². The van der Waals surface area contributed by atoms with Crippen LogP contribution in [-0.4, -0.2) is 36.2 Å². The second kappa shape index (κ2) is 10.5. The maximum atomic E-state index is 12.7. The highest BCUT2D eigenvalue weighted by Gasteiger charge is 2.24. The van der Waals surface area contributed by atoms with Crippen LogP contribution in [-0.2, 0) is 16.1 Å². The van der Waals surface area contributed by atoms with Gasteiger partial charge in [0.05, 0.1) is 19.3 Å². The monoisotopic (exact) mass is 426 g/mol. The van der Waals surface area contributed by atoms with Crippen LogP contribution in [0.15, 0.2) is 30.3 Å². The number of esters is 1. The fourth-order valence-electron chi connectivity index (χ4n) is 4.37. The minimum absolute atomic E-state index is 0.0604. The summed E-state index contributed by atoms with van der Waals surface area (Å²) in [4.78, 5) is 25.1. The molecule has 1 heterocycles. The Hall–Kier alpha value is -2.76. The molecule has 31 heavy (non-hydrogen) atoms. The third-order valence-corrected chi connectivity index (χ3v) is 6.27. The molecule has 1 aromatic carbocycles. The number of carbonyl (C=O) groups is 2. The second-order valence-electron chi connectivity index (χ2n) is 8.32. The van der Waals surface area contributed by atoms with E-state index in [1.165, 1.54) is 19.3 Å². The highest BCUT2D eigenvalue weighted by Crippen LogP contribution is 2.29. The number of nitrogens with one attached hydrogen (secondary N) is 1. The molecular weight excluding hydrogens is 392 g/mol. The first kappa shape index (κ1) is 22.9. The van der Waals surface area contributed by atoms with E-state index in [0.717, 1.165) is 29.1 Å². The molecule has 0 aliphatic heterocycles. The normalized spacial score (nSPS) is 18.5. The average molecular weight is 427 g/mol. The van der Waals surface area contributed by atoms with Crippen LogP contribution in [0.4, 0.5) is 0 Å². The molecule has 0 bridgehead atoms. The third-order valence-electron chi connectivity index (χ3n) is 6.27. The smallest absolute Gasteiger partial charge is 0.339 e. The number of hydrogen-bond donors (Lipinski definition) is 1. The number of hydrogen-bond acceptors (Lipinski definition) is 4. The predicted octanol–water partition coefficient (Wildman–Crippen LogP) is 4.73. The van der Waals surface area contributed by atoms with Gasteiger partial charge in [-0.3, -0.25) is 4.79 Å². The van der Waals surface area contributed by atoms with Crippen molar-refractivity contribution in [3.8, 4) is 17.0 Å². The molecule has 0 spiro atoms. The molecule has 0 saturated heterocycles. The molecule has 1 aromatic heterocycles. The molecule has 1 aliphatic rings. The van der Waals surface area contributed by atoms with Crippen molar-refractivity contribution in [2.75, 3.05) is 13.7 Å². The Morgan fingerprint density at radius 3 is 2.52 bits per heavy atom. The van der Waals surface area contributed by atoms with Gasteiger partial charge in [-0.15, -0.1) is 0 Å². The Morgan fingerprint density at radius 2 is 1.87 bits per heavy atom. The Bertz CT molecular complexity index is 901. The molecule has 1 fully saturated rings. The first-order valence-electron chi connectivity index (χ1n) is 11.3. The summed E-state index contributed by atoms with van der Waals surface area (Å²) in [5, 5.41) is 3.22. The highest BCUT2D eigenvalue weighted by atomic mass is 16.5. The summed E-state index contributed by atoms with van der Waals surface area (Å²) >= 11 is 0. The van der Waals surface area contributed by atoms with Crippen LogP contribution in [0.1, 0.15) is 62.0 Å². The first-order chi connectivity index (χ1) is 14.9. The van der Waals surface area contributed by atoms with Crippen LogP contribution < -0.4 is 10.1 Å². The minimum atomic E-state index is -0.339. The lowest BCUT2D eigenvalue weighted by Gasteiger charge is -2.29. The summed E-state index contributed by atoms with van der Waals surface area (Å²) in [5.41, 5.74) is 3.19. The van der Waals surface area contributed by atoms with Crippen molar-refractivity contribution in [1.29, 1.82) is 0 Å². The molecule has 2 atom stereocenters. The van der Waals surface area contributed by atoms with Crippen molar-refractivity contribution < 1.29 is 19.1 Å². The largest absolute Gasteiger partial charge is 0.497 e. The number of benzene rings is 1. The van der Waals surface area contributed by atoms with Crippen molar-refractivity contribution in [3.63, 3.8) is 0 Å². The lowest BCUT2D eigenvalue weighted by atomic mass is 9.86. The Morgan fingerprint density at radius 1 is 1.16 bits per heavy atom. The number of rotatable bonds is 8. The molecule has 2 aromatic rings. The minimum Gasteiger partial charge on any atom is -0.497 e. The number of amides is 1. The van der Waals surface area contributed by atoms with Gasteiger partial charge < -0.3 is 19.4 Å². The molecule has 3 rings (SSSR count). The standard InChI is InChI=1S/C25H34N2O4/c1-5-31-25(29)21-16-23(19-10-12-20(30-4)13-11-19)27(18(21)3)15-14-24(28)26-22-9-7-6-8-17(22)2/h10-13,16-17,22H,5-9,14-15H2,1-4H3,(H,26,28)/t17-,22-/m0/s1. The molecule has 0 radical (unpaired) electrons. The van der Waals surface area contributed by atoms with Crippen LogP contribution in [0.2, 0.25) is 0 Å². The van der Waals surface area contributed by atoms with Gasteiger partial charge in [-0.25, -0.2) is 4.79 Å². The van der Waals surface area contributed by atoms with Crippen molar-refractivity contribution in [2.45, 2.75) is 65.5 Å². The topological polar surface area (TPSA) is 69.6 Å². The second-order valence-corrected chi connectivity index (χ2v) is 8.32. The van der Waals surface area contributed by atoms with Gasteiger partial charge in [0.15, 0.2) is 0 Å². The summed E-state index contributed by atoms with van der Waals surface area (Å²) in [5.74, 6) is 1.01. The van der Waals surface area contributed by atoms with E-state index in [0.29, 0.717) is 31.1 Å². The van der Waals surface area contributed by atoms with E-state index >= 15 is 0 Å². The first-order valence-corrected chi connectivity index (χ1v) is 11.3. The van der Waals surface area contributed by atoms with E-state index < -0.39 is 0 Å². The Balaban J connectivity index is 1.81. The van der Waals surface area contributed by atoms with Gasteiger partial charge in [0.25, 0.3) is 0 Å². The van der Waals surface area contributed by atoms with Crippen molar-refractivity contribution in [3.05, 3.63) is 41.6 Å². The van der Waals surface area contributed by atoms with E-state index in [1.807, 2.05) is 41.8 Å². The Labute approximate surface area is 184 Å². The van der Waals surface area contributed by atoms with Crippen molar-refractivity contribution >= 4 is 11.9 Å². The quantitative estimate of drug-likeness (QED) is 0.620. The van der Waals surface area contributed by atoms with E-state index in [1.54, 1.807) is 14.0 Å². The number of aromatic nitrogens is 1. The number of ether oxygens (including phenoxy) is 2. The van der Waals surface area contributed by atoms with Crippen LogP contribution in [0.25, 0.3) is 11.3 Å². The zero-order chi connectivity index (χ0) is 22.4. The molecule has 1 saturated carbocycles. The maximum absolute atomic E-state index is 12.7.